The summed E-state index contributed by atoms with van der Waals surface area (Å²) in [6.45, 7) is 1.24. The number of carbonyl (C=O) groups excluding carboxylic acids is 1. The second-order valence-electron chi connectivity index (χ2n) is 7.81. The van der Waals surface area contributed by atoms with Crippen LogP contribution < -0.4 is 5.73 Å². The van der Waals surface area contributed by atoms with Crippen molar-refractivity contribution in [1.82, 2.24) is 15.1 Å². The molecule has 1 aromatic carbocycles. The summed E-state index contributed by atoms with van der Waals surface area (Å²) in [6, 6.07) is 10.3. The first-order valence-corrected chi connectivity index (χ1v) is 10.2. The Morgan fingerprint density at radius 2 is 2.04 bits per heavy atom. The van der Waals surface area contributed by atoms with Crippen molar-refractivity contribution in [2.45, 2.75) is 43.6 Å². The van der Waals surface area contributed by atoms with Crippen molar-refractivity contribution >= 4 is 23.1 Å². The molecule has 0 saturated heterocycles. The van der Waals surface area contributed by atoms with Crippen LogP contribution in [0, 0.1) is 0 Å². The third-order valence-electron chi connectivity index (χ3n) is 6.32. The molecule has 1 aromatic heterocycles. The van der Waals surface area contributed by atoms with E-state index in [-0.39, 0.29) is 17.4 Å². The third kappa shape index (κ3) is 3.69. The van der Waals surface area contributed by atoms with Crippen LogP contribution in [0.3, 0.4) is 0 Å². The van der Waals surface area contributed by atoms with Gasteiger partial charge in [-0.25, -0.2) is 0 Å². The maximum atomic E-state index is 12.6. The highest BCUT2D eigenvalue weighted by molar-refractivity contribution is 6.30. The Morgan fingerprint density at radius 1 is 1.21 bits per heavy atom. The van der Waals surface area contributed by atoms with Crippen molar-refractivity contribution in [2.75, 3.05) is 13.1 Å². The lowest BCUT2D eigenvalue weighted by Gasteiger charge is -2.44. The highest BCUT2D eigenvalue weighted by atomic mass is 35.5. The summed E-state index contributed by atoms with van der Waals surface area (Å²) in [4.78, 5) is 14.7. The number of hydrogen-bond donors (Lipinski definition) is 1. The van der Waals surface area contributed by atoms with Crippen LogP contribution in [0.5, 0.6) is 0 Å². The number of amides is 1. The van der Waals surface area contributed by atoms with Crippen LogP contribution >= 0.6 is 11.6 Å². The summed E-state index contributed by atoms with van der Waals surface area (Å²) in [7, 11) is 0. The summed E-state index contributed by atoms with van der Waals surface area (Å²) in [5.74, 6) is 0.207. The summed E-state index contributed by atoms with van der Waals surface area (Å²) in [5, 5.41) is 8.56. The molecule has 0 unspecified atom stereocenters. The Labute approximate surface area is 170 Å². The Bertz CT molecular complexity index is 875. The zero-order valence-electron chi connectivity index (χ0n) is 15.9. The van der Waals surface area contributed by atoms with Crippen LogP contribution in [0.25, 0.3) is 5.57 Å². The van der Waals surface area contributed by atoms with Gasteiger partial charge in [0.1, 0.15) is 0 Å². The molecule has 1 amide bonds. The van der Waals surface area contributed by atoms with Gasteiger partial charge in [0.2, 0.25) is 5.91 Å². The summed E-state index contributed by atoms with van der Waals surface area (Å²) >= 11 is 6.22. The van der Waals surface area contributed by atoms with Gasteiger partial charge < -0.3 is 10.6 Å². The lowest BCUT2D eigenvalue weighted by molar-refractivity contribution is -0.133. The van der Waals surface area contributed by atoms with Gasteiger partial charge >= 0.3 is 0 Å². The van der Waals surface area contributed by atoms with E-state index in [4.69, 9.17) is 17.3 Å². The molecule has 1 aliphatic carbocycles. The summed E-state index contributed by atoms with van der Waals surface area (Å²) in [5.41, 5.74) is 9.59. The van der Waals surface area contributed by atoms with Gasteiger partial charge in [-0.15, -0.1) is 0 Å². The lowest BCUT2D eigenvalue weighted by atomic mass is 9.68. The molecule has 2 N–H and O–H groups in total. The van der Waals surface area contributed by atoms with Crippen molar-refractivity contribution < 1.29 is 4.79 Å². The third-order valence-corrected chi connectivity index (χ3v) is 6.55. The highest BCUT2D eigenvalue weighted by Crippen LogP contribution is 2.41. The zero-order chi connectivity index (χ0) is 19.6. The van der Waals surface area contributed by atoms with Gasteiger partial charge in [0.15, 0.2) is 0 Å². The Morgan fingerprint density at radius 3 is 2.71 bits per heavy atom. The first-order valence-electron chi connectivity index (χ1n) is 9.83. The van der Waals surface area contributed by atoms with Crippen molar-refractivity contribution in [3.63, 3.8) is 0 Å². The maximum Gasteiger partial charge on any atom is 0.226 e. The number of nitrogens with zero attached hydrogens (tertiary/aromatic N) is 3. The molecule has 4 rings (SSSR count). The van der Waals surface area contributed by atoms with E-state index < -0.39 is 0 Å². The van der Waals surface area contributed by atoms with Crippen LogP contribution in [-0.4, -0.2) is 40.1 Å². The molecule has 146 valence electrons. The van der Waals surface area contributed by atoms with E-state index in [2.05, 4.69) is 16.3 Å². The molecule has 0 spiro atoms. The standard InChI is InChI=1S/C22H25ClN4O/c23-19-3-1-2-18(12-19)22(15-24)9-6-20(7-10-22)27-14-17(4-5-21(27)28)16-8-11-25-26-13-16/h1-4,8,11-13,20H,5-7,9-10,14-15,24H2. The Balaban J connectivity index is 1.48. The number of rotatable bonds is 4. The molecular formula is C22H25ClN4O. The quantitative estimate of drug-likeness (QED) is 0.857. The molecule has 28 heavy (non-hydrogen) atoms. The van der Waals surface area contributed by atoms with Gasteiger partial charge in [-0.05, 0) is 55.0 Å². The number of halogens is 1. The fraction of sp³-hybridized carbons (Fsp3) is 0.409. The maximum absolute atomic E-state index is 12.6. The average molecular weight is 397 g/mol. The molecule has 1 saturated carbocycles. The lowest BCUT2D eigenvalue weighted by Crippen LogP contribution is -2.48. The molecule has 0 bridgehead atoms. The summed E-state index contributed by atoms with van der Waals surface area (Å²) < 4.78 is 0. The second kappa shape index (κ2) is 8.02. The van der Waals surface area contributed by atoms with E-state index in [9.17, 15) is 4.79 Å². The number of nitrogens with two attached hydrogens (primary N) is 1. The van der Waals surface area contributed by atoms with Gasteiger partial charge in [0.05, 0.1) is 12.4 Å². The topological polar surface area (TPSA) is 72.1 Å². The molecule has 0 radical (unpaired) electrons. The first kappa shape index (κ1) is 19.1. The van der Waals surface area contributed by atoms with Crippen molar-refractivity contribution in [3.8, 4) is 0 Å². The van der Waals surface area contributed by atoms with E-state index in [1.807, 2.05) is 35.2 Å². The largest absolute Gasteiger partial charge is 0.335 e. The van der Waals surface area contributed by atoms with E-state index in [1.165, 1.54) is 5.56 Å². The molecule has 5 nitrogen and oxygen atoms in total. The van der Waals surface area contributed by atoms with Gasteiger partial charge in [-0.3, -0.25) is 4.79 Å². The van der Waals surface area contributed by atoms with Crippen molar-refractivity contribution in [1.29, 1.82) is 0 Å². The monoisotopic (exact) mass is 396 g/mol. The van der Waals surface area contributed by atoms with Gasteiger partial charge in [0, 0.05) is 41.6 Å². The van der Waals surface area contributed by atoms with Gasteiger partial charge in [-0.1, -0.05) is 29.8 Å². The predicted octanol–water partition coefficient (Wildman–Crippen LogP) is 3.59. The number of aromatic nitrogens is 2. The Hall–Kier alpha value is -2.24. The van der Waals surface area contributed by atoms with Gasteiger partial charge in [-0.2, -0.15) is 10.2 Å². The van der Waals surface area contributed by atoms with E-state index >= 15 is 0 Å². The van der Waals surface area contributed by atoms with Crippen molar-refractivity contribution in [3.05, 3.63) is 65.0 Å². The van der Waals surface area contributed by atoms with E-state index in [0.29, 0.717) is 19.5 Å². The number of carbonyl (C=O) groups is 1. The molecule has 1 aliphatic heterocycles. The normalized spacial score (nSPS) is 25.5. The molecule has 0 atom stereocenters. The summed E-state index contributed by atoms with van der Waals surface area (Å²) in [6.07, 6.45) is 9.77. The van der Waals surface area contributed by atoms with Crippen LogP contribution in [0.2, 0.25) is 5.02 Å². The van der Waals surface area contributed by atoms with Crippen molar-refractivity contribution in [2.24, 2.45) is 5.73 Å². The number of benzene rings is 1. The molecule has 6 heteroatoms. The minimum absolute atomic E-state index is 0.0477. The SMILES string of the molecule is NCC1(c2cccc(Cl)c2)CCC(N2CC(c3ccnnc3)=CCC2=O)CC1. The minimum atomic E-state index is -0.0477. The minimum Gasteiger partial charge on any atom is -0.335 e. The van der Waals surface area contributed by atoms with E-state index in [1.54, 1.807) is 12.4 Å². The van der Waals surface area contributed by atoms with Crippen LogP contribution in [0.1, 0.15) is 43.2 Å². The molecule has 2 aromatic rings. The van der Waals surface area contributed by atoms with Crippen LogP contribution in [0.15, 0.2) is 48.8 Å². The van der Waals surface area contributed by atoms with Gasteiger partial charge in [0.25, 0.3) is 0 Å². The fourth-order valence-corrected chi connectivity index (χ4v) is 4.77. The fourth-order valence-electron chi connectivity index (χ4n) is 4.58. The Kier molecular flexibility index (Phi) is 5.47. The van der Waals surface area contributed by atoms with E-state index in [0.717, 1.165) is 41.8 Å². The first-order chi connectivity index (χ1) is 13.6. The molecule has 2 heterocycles. The zero-order valence-corrected chi connectivity index (χ0v) is 16.6. The highest BCUT2D eigenvalue weighted by Gasteiger charge is 2.39. The second-order valence-corrected chi connectivity index (χ2v) is 8.25. The molecular weight excluding hydrogens is 372 g/mol. The van der Waals surface area contributed by atoms with Crippen LogP contribution in [0.4, 0.5) is 0 Å². The van der Waals surface area contributed by atoms with Crippen LogP contribution in [-0.2, 0) is 10.2 Å². The average Bonchev–Trinajstić information content (AvgIpc) is 2.75. The molecule has 1 fully saturated rings. The predicted molar refractivity (Wildman–Crippen MR) is 111 cm³/mol. The smallest absolute Gasteiger partial charge is 0.226 e. The number of hydrogen-bond acceptors (Lipinski definition) is 4. The molecule has 2 aliphatic rings.